The highest BCUT2D eigenvalue weighted by Crippen LogP contribution is 2.16. The average Bonchev–Trinajstić information content (AvgIpc) is 2.41. The molecule has 0 saturated heterocycles. The molecule has 0 aliphatic carbocycles. The fourth-order valence-corrected chi connectivity index (χ4v) is 2.42. The number of hydrogen-bond acceptors (Lipinski definition) is 3. The van der Waals surface area contributed by atoms with Crippen LogP contribution in [-0.4, -0.2) is 34.7 Å². The molecule has 1 aromatic carbocycles. The largest absolute Gasteiger partial charge is 0.478 e. The quantitative estimate of drug-likeness (QED) is 0.675. The van der Waals surface area contributed by atoms with Gasteiger partial charge in [0.05, 0.1) is 11.3 Å². The molecule has 0 bridgehead atoms. The third-order valence-electron chi connectivity index (χ3n) is 2.74. The van der Waals surface area contributed by atoms with Crippen LogP contribution in [-0.2, 0) is 0 Å². The predicted octanol–water partition coefficient (Wildman–Crippen LogP) is 3.18. The monoisotopic (exact) mass is 314 g/mol. The van der Waals surface area contributed by atoms with Crippen molar-refractivity contribution in [3.63, 3.8) is 0 Å². The van der Waals surface area contributed by atoms with Crippen LogP contribution in [0.25, 0.3) is 0 Å². The third kappa shape index (κ3) is 6.03. The molecule has 0 aromatic heterocycles. The van der Waals surface area contributed by atoms with E-state index in [9.17, 15) is 14.0 Å². The Balaban J connectivity index is 2.58. The number of halogens is 1. The SMILES string of the molecule is CCSCCC(C)NC(=O)Nc1cc(C(=O)O)ccc1F. The van der Waals surface area contributed by atoms with Gasteiger partial charge in [-0.05, 0) is 43.0 Å². The number of carbonyl (C=O) groups excluding carboxylic acids is 1. The molecule has 2 amide bonds. The first-order valence-corrected chi connectivity index (χ1v) is 7.77. The van der Waals surface area contributed by atoms with Crippen LogP contribution in [0.3, 0.4) is 0 Å². The van der Waals surface area contributed by atoms with E-state index >= 15 is 0 Å². The molecule has 116 valence electrons. The summed E-state index contributed by atoms with van der Waals surface area (Å²) in [7, 11) is 0. The summed E-state index contributed by atoms with van der Waals surface area (Å²) < 4.78 is 13.5. The molecule has 1 aromatic rings. The molecule has 1 atom stereocenters. The molecular formula is C14H19FN2O3S. The van der Waals surface area contributed by atoms with Crippen LogP contribution in [0.4, 0.5) is 14.9 Å². The molecule has 1 rings (SSSR count). The minimum Gasteiger partial charge on any atom is -0.478 e. The van der Waals surface area contributed by atoms with Crippen LogP contribution >= 0.6 is 11.8 Å². The minimum absolute atomic E-state index is 0.0465. The van der Waals surface area contributed by atoms with E-state index in [1.807, 2.05) is 6.92 Å². The minimum atomic E-state index is -1.18. The molecular weight excluding hydrogens is 295 g/mol. The van der Waals surface area contributed by atoms with Gasteiger partial charge in [0, 0.05) is 6.04 Å². The number of urea groups is 1. The van der Waals surface area contributed by atoms with Crippen molar-refractivity contribution in [2.45, 2.75) is 26.3 Å². The number of amides is 2. The summed E-state index contributed by atoms with van der Waals surface area (Å²) in [6.07, 6.45) is 0.809. The Morgan fingerprint density at radius 3 is 2.76 bits per heavy atom. The molecule has 7 heteroatoms. The Morgan fingerprint density at radius 1 is 1.43 bits per heavy atom. The number of carboxylic acids is 1. The maximum absolute atomic E-state index is 13.5. The maximum Gasteiger partial charge on any atom is 0.335 e. The molecule has 0 spiro atoms. The fraction of sp³-hybridized carbons (Fsp3) is 0.429. The molecule has 3 N–H and O–H groups in total. The number of rotatable bonds is 7. The Morgan fingerprint density at radius 2 is 2.14 bits per heavy atom. The number of carbonyl (C=O) groups is 2. The van der Waals surface area contributed by atoms with Crippen LogP contribution in [0.2, 0.25) is 0 Å². The van der Waals surface area contributed by atoms with E-state index < -0.39 is 17.8 Å². The van der Waals surface area contributed by atoms with Crippen molar-refractivity contribution in [3.8, 4) is 0 Å². The topological polar surface area (TPSA) is 78.4 Å². The average molecular weight is 314 g/mol. The van der Waals surface area contributed by atoms with Crippen molar-refractivity contribution in [3.05, 3.63) is 29.6 Å². The summed E-state index contributed by atoms with van der Waals surface area (Å²) in [6, 6.07) is 2.65. The van der Waals surface area contributed by atoms with E-state index in [0.717, 1.165) is 36.1 Å². The number of hydrogen-bond donors (Lipinski definition) is 3. The van der Waals surface area contributed by atoms with Gasteiger partial charge in [-0.25, -0.2) is 14.0 Å². The van der Waals surface area contributed by atoms with E-state index in [1.165, 1.54) is 0 Å². The number of nitrogens with one attached hydrogen (secondary N) is 2. The Hall–Kier alpha value is -1.76. The van der Waals surface area contributed by atoms with E-state index in [2.05, 4.69) is 17.6 Å². The van der Waals surface area contributed by atoms with Crippen LogP contribution in [0.15, 0.2) is 18.2 Å². The maximum atomic E-state index is 13.5. The van der Waals surface area contributed by atoms with Crippen LogP contribution < -0.4 is 10.6 Å². The summed E-state index contributed by atoms with van der Waals surface area (Å²) in [4.78, 5) is 22.6. The van der Waals surface area contributed by atoms with Crippen molar-refractivity contribution >= 4 is 29.4 Å². The normalized spacial score (nSPS) is 11.8. The van der Waals surface area contributed by atoms with Crippen LogP contribution in [0, 0.1) is 5.82 Å². The highest BCUT2D eigenvalue weighted by atomic mass is 32.2. The molecule has 0 aliphatic heterocycles. The summed E-state index contributed by atoms with van der Waals surface area (Å²) in [6.45, 7) is 3.92. The van der Waals surface area contributed by atoms with Gasteiger partial charge < -0.3 is 15.7 Å². The highest BCUT2D eigenvalue weighted by molar-refractivity contribution is 7.99. The second-order valence-corrected chi connectivity index (χ2v) is 5.88. The first kappa shape index (κ1) is 17.3. The summed E-state index contributed by atoms with van der Waals surface area (Å²) in [5, 5.41) is 13.9. The first-order chi connectivity index (χ1) is 9.93. The lowest BCUT2D eigenvalue weighted by Gasteiger charge is -2.14. The smallest absolute Gasteiger partial charge is 0.335 e. The zero-order valence-corrected chi connectivity index (χ0v) is 12.8. The lowest BCUT2D eigenvalue weighted by molar-refractivity contribution is 0.0697. The van der Waals surface area contributed by atoms with Crippen molar-refractivity contribution < 1.29 is 19.1 Å². The lowest BCUT2D eigenvalue weighted by Crippen LogP contribution is -2.36. The number of carboxylic acid groups (broad SMARTS) is 1. The standard InChI is InChI=1S/C14H19FN2O3S/c1-3-21-7-6-9(2)16-14(20)17-12-8-10(13(18)19)4-5-11(12)15/h4-5,8-9H,3,6-7H2,1-2H3,(H,18,19)(H2,16,17,20). The molecule has 0 fully saturated rings. The molecule has 0 heterocycles. The number of anilines is 1. The van der Waals surface area contributed by atoms with Gasteiger partial charge in [-0.2, -0.15) is 11.8 Å². The predicted molar refractivity (Wildman–Crippen MR) is 82.6 cm³/mol. The molecule has 5 nitrogen and oxygen atoms in total. The van der Waals surface area contributed by atoms with Crippen molar-refractivity contribution in [1.29, 1.82) is 0 Å². The van der Waals surface area contributed by atoms with E-state index in [1.54, 1.807) is 11.8 Å². The Labute approximate surface area is 127 Å². The third-order valence-corrected chi connectivity index (χ3v) is 3.67. The summed E-state index contributed by atoms with van der Waals surface area (Å²) in [5.74, 6) is 0.0974. The second-order valence-electron chi connectivity index (χ2n) is 4.48. The zero-order chi connectivity index (χ0) is 15.8. The summed E-state index contributed by atoms with van der Waals surface area (Å²) in [5.41, 5.74) is -0.235. The van der Waals surface area contributed by atoms with Crippen LogP contribution in [0.5, 0.6) is 0 Å². The van der Waals surface area contributed by atoms with E-state index in [4.69, 9.17) is 5.11 Å². The number of aromatic carboxylic acids is 1. The van der Waals surface area contributed by atoms with Gasteiger partial charge in [0.25, 0.3) is 0 Å². The number of thioether (sulfide) groups is 1. The molecule has 0 radical (unpaired) electrons. The number of benzene rings is 1. The highest BCUT2D eigenvalue weighted by Gasteiger charge is 2.12. The lowest BCUT2D eigenvalue weighted by atomic mass is 10.2. The van der Waals surface area contributed by atoms with Gasteiger partial charge in [0.15, 0.2) is 0 Å². The van der Waals surface area contributed by atoms with E-state index in [-0.39, 0.29) is 17.3 Å². The van der Waals surface area contributed by atoms with Gasteiger partial charge in [0.2, 0.25) is 0 Å². The van der Waals surface area contributed by atoms with Crippen LogP contribution in [0.1, 0.15) is 30.6 Å². The van der Waals surface area contributed by atoms with Gasteiger partial charge in [0.1, 0.15) is 5.82 Å². The fourth-order valence-electron chi connectivity index (χ4n) is 1.61. The van der Waals surface area contributed by atoms with E-state index in [0.29, 0.717) is 0 Å². The Bertz CT molecular complexity index is 511. The molecule has 1 unspecified atom stereocenters. The summed E-state index contributed by atoms with van der Waals surface area (Å²) >= 11 is 1.78. The molecule has 0 aliphatic rings. The molecule has 21 heavy (non-hydrogen) atoms. The van der Waals surface area contributed by atoms with Crippen molar-refractivity contribution in [2.75, 3.05) is 16.8 Å². The van der Waals surface area contributed by atoms with Gasteiger partial charge in [-0.3, -0.25) is 0 Å². The Kier molecular flexibility index (Phi) is 7.01. The van der Waals surface area contributed by atoms with Crippen molar-refractivity contribution in [2.24, 2.45) is 0 Å². The molecule has 0 saturated carbocycles. The van der Waals surface area contributed by atoms with Gasteiger partial charge >= 0.3 is 12.0 Å². The first-order valence-electron chi connectivity index (χ1n) is 6.62. The van der Waals surface area contributed by atoms with Gasteiger partial charge in [-0.15, -0.1) is 0 Å². The zero-order valence-electron chi connectivity index (χ0n) is 12.0. The van der Waals surface area contributed by atoms with Gasteiger partial charge in [-0.1, -0.05) is 6.92 Å². The van der Waals surface area contributed by atoms with Crippen molar-refractivity contribution in [1.82, 2.24) is 5.32 Å². The second kappa shape index (κ2) is 8.51.